The molecular weight excluding hydrogens is 296 g/mol. The third-order valence-electron chi connectivity index (χ3n) is 4.38. The van der Waals surface area contributed by atoms with Crippen molar-refractivity contribution in [2.75, 3.05) is 41.0 Å². The number of carbonyl (C=O) groups is 1. The van der Waals surface area contributed by atoms with Crippen molar-refractivity contribution in [3.63, 3.8) is 0 Å². The fourth-order valence-corrected chi connectivity index (χ4v) is 2.90. The molecule has 0 bridgehead atoms. The molecule has 128 valence electrons. The number of nitrogens with one attached hydrogen (secondary N) is 2. The number of hydrogen-bond acceptors (Lipinski definition) is 5. The van der Waals surface area contributed by atoms with E-state index in [1.165, 1.54) is 0 Å². The van der Waals surface area contributed by atoms with Crippen LogP contribution < -0.4 is 20.1 Å². The van der Waals surface area contributed by atoms with Gasteiger partial charge in [-0.15, -0.1) is 0 Å². The third-order valence-corrected chi connectivity index (χ3v) is 4.38. The normalized spacial score (nSPS) is 16.7. The highest BCUT2D eigenvalue weighted by atomic mass is 16.5. The lowest BCUT2D eigenvalue weighted by atomic mass is 9.91. The van der Waals surface area contributed by atoms with Gasteiger partial charge in [-0.1, -0.05) is 0 Å². The van der Waals surface area contributed by atoms with Crippen molar-refractivity contribution >= 4 is 5.91 Å². The number of methoxy groups -OCH3 is 3. The van der Waals surface area contributed by atoms with Crippen molar-refractivity contribution < 1.29 is 19.0 Å². The van der Waals surface area contributed by atoms with Gasteiger partial charge < -0.3 is 24.8 Å². The molecule has 6 nitrogen and oxygen atoms in total. The number of ether oxygens (including phenoxy) is 3. The van der Waals surface area contributed by atoms with Crippen LogP contribution in [0.5, 0.6) is 11.5 Å². The predicted molar refractivity (Wildman–Crippen MR) is 88.1 cm³/mol. The Hall–Kier alpha value is -1.79. The van der Waals surface area contributed by atoms with Gasteiger partial charge in [-0.2, -0.15) is 0 Å². The minimum absolute atomic E-state index is 0.0386. The van der Waals surface area contributed by atoms with Crippen LogP contribution in [0.2, 0.25) is 0 Å². The standard InChI is InChI=1S/C17H26N2O4/c1-21-14-4-5-15(22-2)13(12-14)6-9-19-16(20)17(23-3)7-10-18-11-8-17/h4-5,12,18H,6-11H2,1-3H3,(H,19,20). The number of amides is 1. The smallest absolute Gasteiger partial charge is 0.252 e. The molecule has 2 N–H and O–H groups in total. The van der Waals surface area contributed by atoms with Crippen molar-refractivity contribution in [2.24, 2.45) is 0 Å². The number of hydrogen-bond donors (Lipinski definition) is 2. The molecule has 1 aromatic rings. The maximum atomic E-state index is 12.5. The van der Waals surface area contributed by atoms with E-state index in [1.807, 2.05) is 18.2 Å². The molecule has 2 rings (SSSR count). The Morgan fingerprint density at radius 3 is 2.57 bits per heavy atom. The van der Waals surface area contributed by atoms with Gasteiger partial charge in [0.1, 0.15) is 17.1 Å². The summed E-state index contributed by atoms with van der Waals surface area (Å²) < 4.78 is 16.1. The molecule has 0 unspecified atom stereocenters. The van der Waals surface area contributed by atoms with Crippen LogP contribution in [0.4, 0.5) is 0 Å². The van der Waals surface area contributed by atoms with Gasteiger partial charge in [-0.3, -0.25) is 4.79 Å². The predicted octanol–water partition coefficient (Wildman–Crippen LogP) is 1.13. The molecule has 23 heavy (non-hydrogen) atoms. The van der Waals surface area contributed by atoms with Crippen LogP contribution in [-0.2, 0) is 16.0 Å². The van der Waals surface area contributed by atoms with Gasteiger partial charge >= 0.3 is 0 Å². The Labute approximate surface area is 137 Å². The average molecular weight is 322 g/mol. The lowest BCUT2D eigenvalue weighted by molar-refractivity contribution is -0.146. The highest BCUT2D eigenvalue weighted by Gasteiger charge is 2.39. The first-order valence-corrected chi connectivity index (χ1v) is 7.90. The fourth-order valence-electron chi connectivity index (χ4n) is 2.90. The number of rotatable bonds is 7. The zero-order valence-corrected chi connectivity index (χ0v) is 14.1. The van der Waals surface area contributed by atoms with E-state index in [4.69, 9.17) is 14.2 Å². The van der Waals surface area contributed by atoms with Crippen molar-refractivity contribution in [3.05, 3.63) is 23.8 Å². The lowest BCUT2D eigenvalue weighted by Gasteiger charge is -2.34. The molecule has 0 saturated carbocycles. The van der Waals surface area contributed by atoms with Crippen LogP contribution in [0.3, 0.4) is 0 Å². The third kappa shape index (κ3) is 4.14. The minimum Gasteiger partial charge on any atom is -0.497 e. The van der Waals surface area contributed by atoms with E-state index in [9.17, 15) is 4.79 Å². The summed E-state index contributed by atoms with van der Waals surface area (Å²) in [4.78, 5) is 12.5. The van der Waals surface area contributed by atoms with Crippen LogP contribution in [0.15, 0.2) is 18.2 Å². The van der Waals surface area contributed by atoms with E-state index in [2.05, 4.69) is 10.6 Å². The SMILES string of the molecule is COc1ccc(OC)c(CCNC(=O)C2(OC)CCNCC2)c1. The van der Waals surface area contributed by atoms with Gasteiger partial charge in [-0.05, 0) is 56.1 Å². The number of piperidine rings is 1. The second kappa shape index (κ2) is 8.17. The number of benzene rings is 1. The molecule has 1 aliphatic rings. The Bertz CT molecular complexity index is 527. The van der Waals surface area contributed by atoms with E-state index in [0.717, 1.165) is 30.2 Å². The van der Waals surface area contributed by atoms with Gasteiger partial charge in [0.2, 0.25) is 0 Å². The molecule has 1 heterocycles. The second-order valence-electron chi connectivity index (χ2n) is 5.63. The molecule has 0 radical (unpaired) electrons. The summed E-state index contributed by atoms with van der Waals surface area (Å²) in [6.45, 7) is 2.12. The van der Waals surface area contributed by atoms with Crippen LogP contribution in [0.1, 0.15) is 18.4 Å². The Kier molecular flexibility index (Phi) is 6.24. The van der Waals surface area contributed by atoms with E-state index in [0.29, 0.717) is 25.8 Å². The second-order valence-corrected chi connectivity index (χ2v) is 5.63. The summed E-state index contributed by atoms with van der Waals surface area (Å²) in [7, 11) is 4.88. The maximum absolute atomic E-state index is 12.5. The molecule has 0 aromatic heterocycles. The first-order chi connectivity index (χ1) is 11.1. The molecule has 1 aromatic carbocycles. The van der Waals surface area contributed by atoms with E-state index in [-0.39, 0.29) is 5.91 Å². The highest BCUT2D eigenvalue weighted by Crippen LogP contribution is 2.25. The lowest BCUT2D eigenvalue weighted by Crippen LogP contribution is -2.54. The van der Waals surface area contributed by atoms with E-state index < -0.39 is 5.60 Å². The molecule has 1 aliphatic heterocycles. The zero-order valence-electron chi connectivity index (χ0n) is 14.1. The summed E-state index contributed by atoms with van der Waals surface area (Å²) >= 11 is 0. The monoisotopic (exact) mass is 322 g/mol. The van der Waals surface area contributed by atoms with Gasteiger partial charge in [0.15, 0.2) is 0 Å². The Morgan fingerprint density at radius 1 is 1.22 bits per heavy atom. The van der Waals surface area contributed by atoms with E-state index in [1.54, 1.807) is 21.3 Å². The maximum Gasteiger partial charge on any atom is 0.252 e. The number of carbonyl (C=O) groups excluding carboxylic acids is 1. The molecule has 0 spiro atoms. The molecule has 0 aliphatic carbocycles. The van der Waals surface area contributed by atoms with Gasteiger partial charge in [0, 0.05) is 13.7 Å². The van der Waals surface area contributed by atoms with Crippen molar-refractivity contribution in [2.45, 2.75) is 24.9 Å². The largest absolute Gasteiger partial charge is 0.497 e. The van der Waals surface area contributed by atoms with Gasteiger partial charge in [-0.25, -0.2) is 0 Å². The molecule has 1 amide bonds. The van der Waals surface area contributed by atoms with E-state index >= 15 is 0 Å². The minimum atomic E-state index is -0.705. The fraction of sp³-hybridized carbons (Fsp3) is 0.588. The molecule has 0 atom stereocenters. The van der Waals surface area contributed by atoms with Crippen LogP contribution >= 0.6 is 0 Å². The first kappa shape index (κ1) is 17.6. The molecule has 6 heteroatoms. The summed E-state index contributed by atoms with van der Waals surface area (Å²) in [6.07, 6.45) is 2.06. The van der Waals surface area contributed by atoms with Crippen LogP contribution in [0.25, 0.3) is 0 Å². The molecule has 1 saturated heterocycles. The quantitative estimate of drug-likeness (QED) is 0.788. The van der Waals surface area contributed by atoms with Crippen molar-refractivity contribution in [3.8, 4) is 11.5 Å². The summed E-state index contributed by atoms with van der Waals surface area (Å²) in [5.74, 6) is 1.53. The zero-order chi connectivity index (χ0) is 16.7. The Morgan fingerprint density at radius 2 is 1.96 bits per heavy atom. The average Bonchev–Trinajstić information content (AvgIpc) is 2.61. The van der Waals surface area contributed by atoms with Gasteiger partial charge in [0.05, 0.1) is 14.2 Å². The molecular formula is C17H26N2O4. The molecule has 1 fully saturated rings. The first-order valence-electron chi connectivity index (χ1n) is 7.90. The summed E-state index contributed by atoms with van der Waals surface area (Å²) in [6, 6.07) is 5.66. The topological polar surface area (TPSA) is 68.8 Å². The Balaban J connectivity index is 1.95. The van der Waals surface area contributed by atoms with Crippen molar-refractivity contribution in [1.82, 2.24) is 10.6 Å². The summed E-state index contributed by atoms with van der Waals surface area (Å²) in [5, 5.41) is 6.24. The van der Waals surface area contributed by atoms with Crippen LogP contribution in [0, 0.1) is 0 Å². The van der Waals surface area contributed by atoms with Crippen molar-refractivity contribution in [1.29, 1.82) is 0 Å². The summed E-state index contributed by atoms with van der Waals surface area (Å²) in [5.41, 5.74) is 0.299. The highest BCUT2D eigenvalue weighted by molar-refractivity contribution is 5.85. The van der Waals surface area contributed by atoms with Gasteiger partial charge in [0.25, 0.3) is 5.91 Å². The van der Waals surface area contributed by atoms with Crippen LogP contribution in [-0.4, -0.2) is 52.5 Å².